The number of carbonyl (C=O) groups excluding carboxylic acids is 1. The van der Waals surface area contributed by atoms with Gasteiger partial charge in [0.05, 0.1) is 0 Å². The molecule has 0 aliphatic carbocycles. The first-order valence-electron chi connectivity index (χ1n) is 16.1. The summed E-state index contributed by atoms with van der Waals surface area (Å²) in [6.45, 7) is 9.84. The largest absolute Gasteiger partial charge is 0.487 e. The molecule has 0 fully saturated rings. The highest BCUT2D eigenvalue weighted by molar-refractivity contribution is 5.83. The first-order valence-corrected chi connectivity index (χ1v) is 16.1. The van der Waals surface area contributed by atoms with Gasteiger partial charge in [0.1, 0.15) is 22.9 Å². The third kappa shape index (κ3) is 9.08. The van der Waals surface area contributed by atoms with Crippen LogP contribution in [0.3, 0.4) is 0 Å². The van der Waals surface area contributed by atoms with E-state index >= 15 is 0 Å². The van der Waals surface area contributed by atoms with Gasteiger partial charge < -0.3 is 9.47 Å². The van der Waals surface area contributed by atoms with Crippen molar-refractivity contribution in [1.82, 2.24) is 0 Å². The summed E-state index contributed by atoms with van der Waals surface area (Å²) in [7, 11) is 0. The number of hydrogen-bond donors (Lipinski definition) is 0. The topological polar surface area (TPSA) is 35.5 Å². The van der Waals surface area contributed by atoms with Crippen molar-refractivity contribution in [3.63, 3.8) is 0 Å². The zero-order valence-corrected chi connectivity index (χ0v) is 25.9. The van der Waals surface area contributed by atoms with Crippen molar-refractivity contribution in [2.45, 2.75) is 149 Å². The van der Waals surface area contributed by atoms with E-state index in [0.29, 0.717) is 16.9 Å². The Morgan fingerprint density at radius 3 is 1.98 bits per heavy atom. The normalized spacial score (nSPS) is 16.4. The van der Waals surface area contributed by atoms with E-state index in [9.17, 15) is 9.18 Å². The van der Waals surface area contributed by atoms with Gasteiger partial charge >= 0.3 is 5.97 Å². The molecular weight excluding hydrogens is 499 g/mol. The van der Waals surface area contributed by atoms with Gasteiger partial charge in [0, 0.05) is 23.6 Å². The lowest BCUT2D eigenvalue weighted by atomic mass is 9.82. The van der Waals surface area contributed by atoms with Crippen molar-refractivity contribution in [1.29, 1.82) is 0 Å². The molecule has 2 aromatic rings. The fraction of sp³-hybridized carbons (Fsp3) is 0.639. The van der Waals surface area contributed by atoms with Gasteiger partial charge in [-0.1, -0.05) is 109 Å². The van der Waals surface area contributed by atoms with Gasteiger partial charge in [0.25, 0.3) is 0 Å². The minimum absolute atomic E-state index is 0.239. The molecule has 0 unspecified atom stereocenters. The molecule has 3 rings (SSSR count). The van der Waals surface area contributed by atoms with Crippen molar-refractivity contribution in [2.24, 2.45) is 0 Å². The van der Waals surface area contributed by atoms with Gasteiger partial charge in [-0.15, -0.1) is 0 Å². The van der Waals surface area contributed by atoms with Crippen LogP contribution in [-0.4, -0.2) is 11.6 Å². The molecule has 0 aromatic heterocycles. The highest BCUT2D eigenvalue weighted by atomic mass is 19.1. The fourth-order valence-corrected chi connectivity index (χ4v) is 6.16. The van der Waals surface area contributed by atoms with E-state index in [0.717, 1.165) is 48.1 Å². The Kier molecular flexibility index (Phi) is 13.0. The van der Waals surface area contributed by atoms with Gasteiger partial charge in [-0.05, 0) is 63.6 Å². The number of halogens is 1. The summed E-state index contributed by atoms with van der Waals surface area (Å²) in [5.41, 5.74) is 3.62. The standard InChI is InChI=1S/C36H53FO3/c1-6-7-8-9-10-11-12-13-14-15-16-17-18-21-25-36(5)26-24-31-33(30-22-19-20-23-32(30)37)35(39-29(4)38)28(3)27(2)34(31)40-36/h19-20,22-23H,6-18,21,24-26H2,1-5H3/t36-/m1/s1. The van der Waals surface area contributed by atoms with Crippen molar-refractivity contribution >= 4 is 5.97 Å². The first kappa shape index (κ1) is 32.2. The van der Waals surface area contributed by atoms with E-state index in [4.69, 9.17) is 9.47 Å². The molecule has 1 atom stereocenters. The smallest absolute Gasteiger partial charge is 0.308 e. The molecule has 222 valence electrons. The highest BCUT2D eigenvalue weighted by Gasteiger charge is 2.36. The van der Waals surface area contributed by atoms with E-state index in [-0.39, 0.29) is 11.4 Å². The average Bonchev–Trinajstić information content (AvgIpc) is 2.93. The molecule has 0 bridgehead atoms. The molecule has 0 spiro atoms. The van der Waals surface area contributed by atoms with Crippen LogP contribution in [0, 0.1) is 19.7 Å². The van der Waals surface area contributed by atoms with Crippen LogP contribution in [0.4, 0.5) is 4.39 Å². The van der Waals surface area contributed by atoms with Crippen molar-refractivity contribution in [3.05, 3.63) is 46.8 Å². The summed E-state index contributed by atoms with van der Waals surface area (Å²) in [6.07, 6.45) is 21.6. The maximum absolute atomic E-state index is 15.0. The van der Waals surface area contributed by atoms with E-state index in [1.54, 1.807) is 12.1 Å². The number of carbonyl (C=O) groups is 1. The zero-order valence-electron chi connectivity index (χ0n) is 25.9. The highest BCUT2D eigenvalue weighted by Crippen LogP contribution is 2.49. The lowest BCUT2D eigenvalue weighted by Crippen LogP contribution is -2.37. The molecule has 2 aromatic carbocycles. The van der Waals surface area contributed by atoms with Crippen molar-refractivity contribution in [3.8, 4) is 22.6 Å². The van der Waals surface area contributed by atoms with Crippen LogP contribution in [0.2, 0.25) is 0 Å². The van der Waals surface area contributed by atoms with Crippen LogP contribution in [0.15, 0.2) is 24.3 Å². The first-order chi connectivity index (χ1) is 19.3. The van der Waals surface area contributed by atoms with Crippen molar-refractivity contribution < 1.29 is 18.7 Å². The summed E-state index contributed by atoms with van der Waals surface area (Å²) in [5, 5.41) is 0. The molecule has 0 amide bonds. The quantitative estimate of drug-likeness (QED) is 0.111. The minimum Gasteiger partial charge on any atom is -0.487 e. The van der Waals surface area contributed by atoms with Gasteiger partial charge in [0.15, 0.2) is 0 Å². The minimum atomic E-state index is -0.403. The van der Waals surface area contributed by atoms with Gasteiger partial charge in [-0.3, -0.25) is 4.79 Å². The maximum Gasteiger partial charge on any atom is 0.308 e. The van der Waals surface area contributed by atoms with E-state index < -0.39 is 5.97 Å². The zero-order chi connectivity index (χ0) is 29.0. The molecule has 40 heavy (non-hydrogen) atoms. The Bertz CT molecular complexity index is 1090. The molecule has 0 saturated carbocycles. The van der Waals surface area contributed by atoms with Crippen molar-refractivity contribution in [2.75, 3.05) is 0 Å². The number of rotatable bonds is 17. The monoisotopic (exact) mass is 552 g/mol. The molecular formula is C36H53FO3. The second-order valence-electron chi connectivity index (χ2n) is 12.2. The summed E-state index contributed by atoms with van der Waals surface area (Å²) in [5.74, 6) is 0.565. The van der Waals surface area contributed by atoms with Gasteiger partial charge in [0.2, 0.25) is 0 Å². The molecule has 0 saturated heterocycles. The summed E-state index contributed by atoms with van der Waals surface area (Å²) in [6, 6.07) is 6.72. The summed E-state index contributed by atoms with van der Waals surface area (Å²) in [4.78, 5) is 12.0. The lowest BCUT2D eigenvalue weighted by Gasteiger charge is -2.38. The molecule has 1 aliphatic heterocycles. The SMILES string of the molecule is CCCCCCCCCCCCCCCC[C@]1(C)CCc2c(c(C)c(C)c(OC(C)=O)c2-c2ccccc2F)O1. The number of benzene rings is 2. The van der Waals surface area contributed by atoms with E-state index in [1.165, 1.54) is 96.5 Å². The van der Waals surface area contributed by atoms with Gasteiger partial charge in [-0.25, -0.2) is 4.39 Å². The molecule has 0 radical (unpaired) electrons. The summed E-state index contributed by atoms with van der Waals surface area (Å²) >= 11 is 0. The predicted molar refractivity (Wildman–Crippen MR) is 165 cm³/mol. The van der Waals surface area contributed by atoms with Crippen LogP contribution in [-0.2, 0) is 11.2 Å². The van der Waals surface area contributed by atoms with Crippen LogP contribution in [0.5, 0.6) is 11.5 Å². The Morgan fingerprint density at radius 2 is 1.43 bits per heavy atom. The van der Waals surface area contributed by atoms with Crippen LogP contribution in [0.1, 0.15) is 140 Å². The third-order valence-electron chi connectivity index (χ3n) is 8.75. The van der Waals surface area contributed by atoms with E-state index in [2.05, 4.69) is 13.8 Å². The maximum atomic E-state index is 15.0. The van der Waals surface area contributed by atoms with Gasteiger partial charge in [-0.2, -0.15) is 0 Å². The second kappa shape index (κ2) is 16.2. The number of unbranched alkanes of at least 4 members (excludes halogenated alkanes) is 13. The Balaban J connectivity index is 1.52. The van der Waals surface area contributed by atoms with E-state index in [1.807, 2.05) is 19.9 Å². The third-order valence-corrected chi connectivity index (χ3v) is 8.75. The number of esters is 1. The van der Waals surface area contributed by atoms with Crippen LogP contribution >= 0.6 is 0 Å². The summed E-state index contributed by atoms with van der Waals surface area (Å²) < 4.78 is 27.4. The lowest BCUT2D eigenvalue weighted by molar-refractivity contribution is -0.131. The molecule has 4 heteroatoms. The second-order valence-corrected chi connectivity index (χ2v) is 12.2. The Morgan fingerprint density at radius 1 is 0.875 bits per heavy atom. The average molecular weight is 553 g/mol. The number of fused-ring (bicyclic) bond motifs is 1. The fourth-order valence-electron chi connectivity index (χ4n) is 6.16. The van der Waals surface area contributed by atoms with Crippen LogP contribution < -0.4 is 9.47 Å². The Hall–Kier alpha value is -2.36. The molecule has 1 heterocycles. The molecule has 0 N–H and O–H groups in total. The molecule has 3 nitrogen and oxygen atoms in total. The van der Waals surface area contributed by atoms with Crippen LogP contribution in [0.25, 0.3) is 11.1 Å². The number of hydrogen-bond acceptors (Lipinski definition) is 3. The molecule has 1 aliphatic rings. The number of ether oxygens (including phenoxy) is 2. The Labute approximate surface area is 243 Å². The predicted octanol–water partition coefficient (Wildman–Crippen LogP) is 11.0.